The summed E-state index contributed by atoms with van der Waals surface area (Å²) in [6, 6.07) is 21.5. The monoisotopic (exact) mass is 485 g/mol. The van der Waals surface area contributed by atoms with Crippen molar-refractivity contribution in [3.8, 4) is 6.07 Å². The average Bonchev–Trinajstić information content (AvgIpc) is 3.56. The molecule has 0 radical (unpaired) electrons. The fourth-order valence-electron chi connectivity index (χ4n) is 5.09. The van der Waals surface area contributed by atoms with Crippen LogP contribution in [0.25, 0.3) is 0 Å². The molecule has 0 spiro atoms. The number of nitrogens with one attached hydrogen (secondary N) is 1. The summed E-state index contributed by atoms with van der Waals surface area (Å²) in [6.07, 6.45) is 0. The van der Waals surface area contributed by atoms with Crippen LogP contribution < -0.4 is 16.1 Å². The topological polar surface area (TPSA) is 112 Å². The number of amides is 1. The molecule has 3 aliphatic rings. The maximum absolute atomic E-state index is 14.2. The van der Waals surface area contributed by atoms with E-state index in [0.717, 1.165) is 0 Å². The lowest BCUT2D eigenvalue weighted by Crippen LogP contribution is -2.63. The zero-order valence-electron chi connectivity index (χ0n) is 17.4. The Bertz CT molecular complexity index is 1460. The molecule has 34 heavy (non-hydrogen) atoms. The van der Waals surface area contributed by atoms with Crippen LogP contribution in [0.1, 0.15) is 25.6 Å². The lowest BCUT2D eigenvalue weighted by molar-refractivity contribution is -0.0245. The Morgan fingerprint density at radius 2 is 1.85 bits per heavy atom. The molecule has 2 aromatic carbocycles. The van der Waals surface area contributed by atoms with Gasteiger partial charge in [0.25, 0.3) is 11.6 Å². The molecule has 2 aliphatic heterocycles. The SMILES string of the molecule is N#CC1=C(N)O[C@]23c4ccccc4C(=O)[C@]12N(NC(=O)c1cccs1)C(=S)N3c1ccccc1. The molecule has 0 saturated carbocycles. The summed E-state index contributed by atoms with van der Waals surface area (Å²) in [5.74, 6) is -1.10. The van der Waals surface area contributed by atoms with Gasteiger partial charge in [0.15, 0.2) is 5.11 Å². The van der Waals surface area contributed by atoms with Gasteiger partial charge in [-0.3, -0.25) is 19.9 Å². The molecule has 3 N–H and O–H groups in total. The lowest BCUT2D eigenvalue weighted by Gasteiger charge is -2.38. The molecule has 3 heterocycles. The van der Waals surface area contributed by atoms with Gasteiger partial charge in [-0.15, -0.1) is 11.3 Å². The first-order valence-electron chi connectivity index (χ1n) is 10.3. The number of nitriles is 1. The number of fused-ring (bicyclic) bond motifs is 1. The number of nitrogens with two attached hydrogens (primary N) is 1. The molecule has 0 bridgehead atoms. The predicted octanol–water partition coefficient (Wildman–Crippen LogP) is 3.01. The molecule has 1 aromatic heterocycles. The zero-order chi connectivity index (χ0) is 23.7. The normalized spacial score (nSPS) is 24.4. The number of hydrazine groups is 1. The highest BCUT2D eigenvalue weighted by atomic mass is 32.1. The van der Waals surface area contributed by atoms with E-state index in [0.29, 0.717) is 21.7 Å². The van der Waals surface area contributed by atoms with E-state index < -0.39 is 23.0 Å². The van der Waals surface area contributed by atoms with Crippen LogP contribution in [-0.4, -0.2) is 27.4 Å². The van der Waals surface area contributed by atoms with Crippen LogP contribution in [0.3, 0.4) is 0 Å². The molecule has 1 aliphatic carbocycles. The number of ketones is 1. The maximum Gasteiger partial charge on any atom is 0.279 e. The van der Waals surface area contributed by atoms with E-state index in [1.165, 1.54) is 16.3 Å². The highest BCUT2D eigenvalue weighted by Crippen LogP contribution is 2.63. The van der Waals surface area contributed by atoms with E-state index in [1.54, 1.807) is 46.7 Å². The van der Waals surface area contributed by atoms with E-state index in [9.17, 15) is 14.9 Å². The summed E-state index contributed by atoms with van der Waals surface area (Å²) >= 11 is 7.09. The summed E-state index contributed by atoms with van der Waals surface area (Å²) in [4.78, 5) is 29.4. The zero-order valence-corrected chi connectivity index (χ0v) is 19.0. The lowest BCUT2D eigenvalue weighted by atomic mass is 9.81. The van der Waals surface area contributed by atoms with Crippen molar-refractivity contribution in [1.29, 1.82) is 5.26 Å². The van der Waals surface area contributed by atoms with Crippen molar-refractivity contribution in [3.63, 3.8) is 0 Å². The number of hydrogen-bond donors (Lipinski definition) is 2. The number of carbonyl (C=O) groups is 2. The number of anilines is 1. The van der Waals surface area contributed by atoms with Crippen molar-refractivity contribution in [1.82, 2.24) is 10.4 Å². The third-order valence-corrected chi connectivity index (χ3v) is 7.57. The Morgan fingerprint density at radius 1 is 1.12 bits per heavy atom. The number of hydrogen-bond acceptors (Lipinski definition) is 7. The average molecular weight is 486 g/mol. The van der Waals surface area contributed by atoms with E-state index in [1.807, 2.05) is 30.3 Å². The highest BCUT2D eigenvalue weighted by molar-refractivity contribution is 7.80. The third kappa shape index (κ3) is 2.18. The maximum atomic E-state index is 14.2. The second-order valence-electron chi connectivity index (χ2n) is 7.89. The van der Waals surface area contributed by atoms with Gasteiger partial charge in [-0.2, -0.15) is 5.26 Å². The molecule has 1 amide bonds. The molecule has 1 saturated heterocycles. The summed E-state index contributed by atoms with van der Waals surface area (Å²) in [7, 11) is 0. The Balaban J connectivity index is 1.66. The van der Waals surface area contributed by atoms with Gasteiger partial charge in [0.2, 0.25) is 17.2 Å². The quantitative estimate of drug-likeness (QED) is 0.545. The van der Waals surface area contributed by atoms with E-state index >= 15 is 0 Å². The second kappa shape index (κ2) is 6.90. The van der Waals surface area contributed by atoms with Crippen LogP contribution in [0.4, 0.5) is 5.69 Å². The van der Waals surface area contributed by atoms with Crippen molar-refractivity contribution in [2.45, 2.75) is 11.3 Å². The first kappa shape index (κ1) is 20.4. The minimum atomic E-state index is -1.84. The van der Waals surface area contributed by atoms with Crippen molar-refractivity contribution in [2.75, 3.05) is 4.90 Å². The minimum Gasteiger partial charge on any atom is -0.444 e. The van der Waals surface area contributed by atoms with Crippen LogP contribution in [0.15, 0.2) is 83.6 Å². The van der Waals surface area contributed by atoms with Gasteiger partial charge in [0.05, 0.1) is 4.88 Å². The molecule has 0 unspecified atom stereocenters. The molecular weight excluding hydrogens is 470 g/mol. The van der Waals surface area contributed by atoms with Gasteiger partial charge in [-0.1, -0.05) is 48.5 Å². The van der Waals surface area contributed by atoms with Crippen LogP contribution >= 0.6 is 23.6 Å². The number of carbonyl (C=O) groups excluding carboxylic acids is 2. The fraction of sp³-hybridized carbons (Fsp3) is 0.0833. The Kier molecular flexibility index (Phi) is 4.14. The summed E-state index contributed by atoms with van der Waals surface area (Å²) in [5, 5.41) is 13.3. The summed E-state index contributed by atoms with van der Waals surface area (Å²) in [5.41, 5.74) is 6.94. The molecule has 3 aromatic rings. The Labute approximate surface area is 203 Å². The van der Waals surface area contributed by atoms with Crippen LogP contribution in [0.2, 0.25) is 0 Å². The van der Waals surface area contributed by atoms with Gasteiger partial charge in [0, 0.05) is 16.8 Å². The van der Waals surface area contributed by atoms with Crippen LogP contribution in [0, 0.1) is 11.3 Å². The Hall–Kier alpha value is -4.20. The van der Waals surface area contributed by atoms with E-state index in [2.05, 4.69) is 11.5 Å². The molecule has 2 atom stereocenters. The van der Waals surface area contributed by atoms with Crippen molar-refractivity contribution in [3.05, 3.63) is 99.6 Å². The van der Waals surface area contributed by atoms with Gasteiger partial charge in [-0.25, -0.2) is 5.01 Å². The number of ether oxygens (including phenoxy) is 1. The van der Waals surface area contributed by atoms with Gasteiger partial charge >= 0.3 is 0 Å². The van der Waals surface area contributed by atoms with E-state index in [-0.39, 0.29) is 16.6 Å². The number of nitrogens with zero attached hydrogens (tertiary/aromatic N) is 3. The first-order valence-corrected chi connectivity index (χ1v) is 11.5. The minimum absolute atomic E-state index is 0.0965. The Morgan fingerprint density at radius 3 is 2.56 bits per heavy atom. The smallest absolute Gasteiger partial charge is 0.279 e. The number of rotatable bonds is 3. The molecular formula is C24H15N5O3S2. The van der Waals surface area contributed by atoms with Crippen molar-refractivity contribution < 1.29 is 14.3 Å². The summed E-state index contributed by atoms with van der Waals surface area (Å²) < 4.78 is 6.29. The predicted molar refractivity (Wildman–Crippen MR) is 128 cm³/mol. The number of para-hydroxylation sites is 1. The van der Waals surface area contributed by atoms with Gasteiger partial charge < -0.3 is 10.5 Å². The first-order chi connectivity index (χ1) is 16.5. The number of thiocarbonyl (C=S) groups is 1. The van der Waals surface area contributed by atoms with Gasteiger partial charge in [-0.05, 0) is 35.8 Å². The van der Waals surface area contributed by atoms with Crippen molar-refractivity contribution in [2.24, 2.45) is 5.73 Å². The van der Waals surface area contributed by atoms with Gasteiger partial charge in [0.1, 0.15) is 11.6 Å². The summed E-state index contributed by atoms with van der Waals surface area (Å²) in [6.45, 7) is 0. The fourth-order valence-corrected chi connectivity index (χ4v) is 6.12. The molecule has 1 fully saturated rings. The molecule has 166 valence electrons. The number of benzene rings is 2. The molecule has 8 nitrogen and oxygen atoms in total. The van der Waals surface area contributed by atoms with Crippen molar-refractivity contribution >= 4 is 46.0 Å². The van der Waals surface area contributed by atoms with Crippen LogP contribution in [-0.2, 0) is 10.5 Å². The van der Waals surface area contributed by atoms with Crippen LogP contribution in [0.5, 0.6) is 0 Å². The largest absolute Gasteiger partial charge is 0.444 e. The number of Topliss-reactive ketones (excluding diaryl/α,β-unsaturated/α-hetero) is 1. The molecule has 10 heteroatoms. The standard InChI is InChI=1S/C24H15N5O3S2/c25-13-17-20(26)32-24-16-10-5-4-9-15(16)19(30)23(17,24)29(27-21(31)18-11-6-12-34-18)22(33)28(24)14-7-2-1-3-8-14/h1-12H,26H2,(H,27,31)/t23-,24-/m1/s1. The number of thiophene rings is 1. The second-order valence-corrected chi connectivity index (χ2v) is 9.20. The van der Waals surface area contributed by atoms with E-state index in [4.69, 9.17) is 22.7 Å². The third-order valence-electron chi connectivity index (χ3n) is 6.34. The molecule has 6 rings (SSSR count). The highest BCUT2D eigenvalue weighted by Gasteiger charge is 2.83.